The number of rotatable bonds is 4. The first-order chi connectivity index (χ1) is 9.70. The van der Waals surface area contributed by atoms with Gasteiger partial charge in [0, 0.05) is 31.1 Å². The molecule has 1 unspecified atom stereocenters. The van der Waals surface area contributed by atoms with Gasteiger partial charge in [0.05, 0.1) is 5.69 Å². The second-order valence-corrected chi connectivity index (χ2v) is 7.23. The van der Waals surface area contributed by atoms with Crippen LogP contribution in [0.3, 0.4) is 0 Å². The van der Waals surface area contributed by atoms with Gasteiger partial charge in [-0.3, -0.25) is 4.68 Å². The van der Waals surface area contributed by atoms with Crippen molar-refractivity contribution < 1.29 is 0 Å². The van der Waals surface area contributed by atoms with Gasteiger partial charge in [-0.05, 0) is 25.5 Å². The highest BCUT2D eigenvalue weighted by atomic mass is 35.5. The van der Waals surface area contributed by atoms with Crippen LogP contribution in [0.5, 0.6) is 0 Å². The monoisotopic (exact) mass is 312 g/mol. The Labute approximate surface area is 128 Å². The second-order valence-electron chi connectivity index (χ2n) is 5.45. The number of nitrogens with zero attached hydrogens (tertiary/aromatic N) is 4. The number of aromatic nitrogens is 4. The maximum absolute atomic E-state index is 5.94. The van der Waals surface area contributed by atoms with E-state index in [1.807, 2.05) is 18.7 Å². The van der Waals surface area contributed by atoms with Crippen molar-refractivity contribution in [1.29, 1.82) is 0 Å². The lowest BCUT2D eigenvalue weighted by molar-refractivity contribution is 0.567. The lowest BCUT2D eigenvalue weighted by atomic mass is 10.2. The number of fused-ring (bicyclic) bond motifs is 1. The molecule has 20 heavy (non-hydrogen) atoms. The number of imidazole rings is 1. The molecular formula is C14H21ClN4S. The van der Waals surface area contributed by atoms with Crippen LogP contribution in [0, 0.1) is 6.92 Å². The van der Waals surface area contributed by atoms with Crippen molar-refractivity contribution in [3.8, 4) is 0 Å². The van der Waals surface area contributed by atoms with Gasteiger partial charge in [-0.2, -0.15) is 16.9 Å². The van der Waals surface area contributed by atoms with E-state index in [-0.39, 0.29) is 0 Å². The van der Waals surface area contributed by atoms with E-state index in [2.05, 4.69) is 21.4 Å². The number of alkyl halides is 1. The van der Waals surface area contributed by atoms with Gasteiger partial charge in [-0.1, -0.05) is 6.42 Å². The molecular weight excluding hydrogens is 292 g/mol. The van der Waals surface area contributed by atoms with E-state index < -0.39 is 0 Å². The summed E-state index contributed by atoms with van der Waals surface area (Å²) >= 11 is 8.04. The van der Waals surface area contributed by atoms with Crippen LogP contribution in [0.2, 0.25) is 0 Å². The van der Waals surface area contributed by atoms with Crippen molar-refractivity contribution >= 4 is 34.5 Å². The third kappa shape index (κ3) is 2.58. The summed E-state index contributed by atoms with van der Waals surface area (Å²) < 4.78 is 4.31. The molecule has 0 saturated carbocycles. The predicted molar refractivity (Wildman–Crippen MR) is 85.8 cm³/mol. The summed E-state index contributed by atoms with van der Waals surface area (Å²) in [7, 11) is 2.01. The molecule has 0 amide bonds. The minimum atomic E-state index is 0.619. The van der Waals surface area contributed by atoms with E-state index in [4.69, 9.17) is 16.6 Å². The fraction of sp³-hybridized carbons (Fsp3) is 0.714. The zero-order valence-electron chi connectivity index (χ0n) is 12.1. The van der Waals surface area contributed by atoms with Gasteiger partial charge < -0.3 is 4.57 Å². The molecule has 0 radical (unpaired) electrons. The summed E-state index contributed by atoms with van der Waals surface area (Å²) in [6.07, 6.45) is 4.85. The van der Waals surface area contributed by atoms with Crippen molar-refractivity contribution in [3.05, 3.63) is 11.5 Å². The highest BCUT2D eigenvalue weighted by Crippen LogP contribution is 2.29. The molecule has 1 aliphatic rings. The molecule has 2 aromatic heterocycles. The number of thioether (sulfide) groups is 1. The largest absolute Gasteiger partial charge is 0.312 e. The Kier molecular flexibility index (Phi) is 4.26. The molecule has 0 aromatic carbocycles. The molecule has 1 fully saturated rings. The molecule has 3 heterocycles. The van der Waals surface area contributed by atoms with Crippen molar-refractivity contribution in [2.45, 2.75) is 44.4 Å². The summed E-state index contributed by atoms with van der Waals surface area (Å²) in [6, 6.07) is 0. The van der Waals surface area contributed by atoms with Gasteiger partial charge in [0.15, 0.2) is 5.65 Å². The molecule has 3 rings (SSSR count). The first-order valence-corrected chi connectivity index (χ1v) is 8.85. The van der Waals surface area contributed by atoms with Gasteiger partial charge in [-0.25, -0.2) is 4.98 Å². The Morgan fingerprint density at radius 3 is 2.95 bits per heavy atom. The molecule has 4 nitrogen and oxygen atoms in total. The van der Waals surface area contributed by atoms with E-state index >= 15 is 0 Å². The summed E-state index contributed by atoms with van der Waals surface area (Å²) in [4.78, 5) is 4.77. The highest BCUT2D eigenvalue weighted by molar-refractivity contribution is 7.99. The standard InChI is InChI=1S/C14H21ClN4S/c1-10-13-14(18(2)17-10)19(12(16-13)6-7-15)9-11-5-3-4-8-20-11/h11H,3-9H2,1-2H3. The molecule has 0 spiro atoms. The first kappa shape index (κ1) is 14.3. The summed E-state index contributed by atoms with van der Waals surface area (Å²) in [5.41, 5.74) is 3.19. The number of aryl methyl sites for hydroxylation is 3. The fourth-order valence-corrected chi connectivity index (χ4v) is 4.46. The van der Waals surface area contributed by atoms with Gasteiger partial charge in [0.1, 0.15) is 11.3 Å². The van der Waals surface area contributed by atoms with Crippen molar-refractivity contribution in [3.63, 3.8) is 0 Å². The maximum Gasteiger partial charge on any atom is 0.158 e. The second kappa shape index (κ2) is 5.98. The summed E-state index contributed by atoms with van der Waals surface area (Å²) in [6.45, 7) is 3.06. The number of hydrogen-bond donors (Lipinski definition) is 0. The smallest absolute Gasteiger partial charge is 0.158 e. The van der Waals surface area contributed by atoms with Gasteiger partial charge in [0.2, 0.25) is 0 Å². The molecule has 0 N–H and O–H groups in total. The molecule has 2 aromatic rings. The summed E-state index contributed by atoms with van der Waals surface area (Å²) in [5.74, 6) is 3.02. The van der Waals surface area contributed by atoms with Crippen LogP contribution in [-0.2, 0) is 20.0 Å². The Bertz CT molecular complexity index is 598. The Hall–Kier alpha value is -0.680. The quantitative estimate of drug-likeness (QED) is 0.814. The van der Waals surface area contributed by atoms with E-state index in [1.165, 1.54) is 25.0 Å². The van der Waals surface area contributed by atoms with Gasteiger partial charge >= 0.3 is 0 Å². The Morgan fingerprint density at radius 2 is 2.25 bits per heavy atom. The van der Waals surface area contributed by atoms with E-state index in [0.29, 0.717) is 11.1 Å². The predicted octanol–water partition coefficient (Wildman–Crippen LogP) is 3.15. The molecule has 0 aliphatic carbocycles. The zero-order chi connectivity index (χ0) is 14.1. The SMILES string of the molecule is Cc1nn(C)c2c1nc(CCCl)n2CC1CCCCS1. The van der Waals surface area contributed by atoms with Gasteiger partial charge in [-0.15, -0.1) is 11.6 Å². The van der Waals surface area contributed by atoms with Crippen LogP contribution in [0.15, 0.2) is 0 Å². The van der Waals surface area contributed by atoms with Crippen LogP contribution in [0.1, 0.15) is 30.8 Å². The summed E-state index contributed by atoms with van der Waals surface area (Å²) in [5, 5.41) is 5.20. The van der Waals surface area contributed by atoms with Crippen LogP contribution in [0.25, 0.3) is 11.2 Å². The molecule has 1 aliphatic heterocycles. The third-order valence-corrected chi connectivity index (χ3v) is 5.52. The lowest BCUT2D eigenvalue weighted by Crippen LogP contribution is -2.19. The van der Waals surface area contributed by atoms with E-state index in [9.17, 15) is 0 Å². The normalized spacial score (nSPS) is 19.9. The Balaban J connectivity index is 1.98. The fourth-order valence-electron chi connectivity index (χ4n) is 3.00. The van der Waals surface area contributed by atoms with Crippen LogP contribution in [0.4, 0.5) is 0 Å². The Morgan fingerprint density at radius 1 is 1.40 bits per heavy atom. The van der Waals surface area contributed by atoms with Crippen LogP contribution in [-0.4, -0.2) is 36.2 Å². The maximum atomic E-state index is 5.94. The van der Waals surface area contributed by atoms with Crippen LogP contribution >= 0.6 is 23.4 Å². The minimum absolute atomic E-state index is 0.619. The number of halogens is 1. The van der Waals surface area contributed by atoms with Crippen molar-refractivity contribution in [2.75, 3.05) is 11.6 Å². The van der Waals surface area contributed by atoms with Gasteiger partial charge in [0.25, 0.3) is 0 Å². The van der Waals surface area contributed by atoms with E-state index in [1.54, 1.807) is 0 Å². The molecule has 6 heteroatoms. The minimum Gasteiger partial charge on any atom is -0.312 e. The molecule has 1 atom stereocenters. The van der Waals surface area contributed by atoms with Crippen molar-refractivity contribution in [1.82, 2.24) is 19.3 Å². The highest BCUT2D eigenvalue weighted by Gasteiger charge is 2.21. The van der Waals surface area contributed by atoms with Crippen LogP contribution < -0.4 is 0 Å². The number of hydrogen-bond acceptors (Lipinski definition) is 3. The molecule has 1 saturated heterocycles. The van der Waals surface area contributed by atoms with E-state index in [0.717, 1.165) is 35.6 Å². The topological polar surface area (TPSA) is 35.6 Å². The first-order valence-electron chi connectivity index (χ1n) is 7.27. The third-order valence-electron chi connectivity index (χ3n) is 3.95. The molecule has 110 valence electrons. The van der Waals surface area contributed by atoms with Crippen molar-refractivity contribution in [2.24, 2.45) is 7.05 Å². The average Bonchev–Trinajstić information content (AvgIpc) is 2.92. The zero-order valence-corrected chi connectivity index (χ0v) is 13.7. The average molecular weight is 313 g/mol. The lowest BCUT2D eigenvalue weighted by Gasteiger charge is -2.22. The molecule has 0 bridgehead atoms.